The highest BCUT2D eigenvalue weighted by Gasteiger charge is 2.37. The average Bonchev–Trinajstić information content (AvgIpc) is 3.04. The number of ether oxygens (including phenoxy) is 2. The number of nitrogens with zero attached hydrogens (tertiary/aromatic N) is 2. The minimum absolute atomic E-state index is 0.106. The first-order valence-electron chi connectivity index (χ1n) is 9.50. The summed E-state index contributed by atoms with van der Waals surface area (Å²) in [7, 11) is 3.05. The summed E-state index contributed by atoms with van der Waals surface area (Å²) in [6.07, 6.45) is 3.69. The monoisotopic (exact) mass is 412 g/mol. The van der Waals surface area contributed by atoms with E-state index in [2.05, 4.69) is 15.6 Å². The fraction of sp³-hybridized carbons (Fsp3) is 0.333. The van der Waals surface area contributed by atoms with E-state index in [9.17, 15) is 14.4 Å². The van der Waals surface area contributed by atoms with E-state index in [1.165, 1.54) is 14.2 Å². The molecule has 1 aliphatic heterocycles. The van der Waals surface area contributed by atoms with E-state index in [-0.39, 0.29) is 31.2 Å². The average molecular weight is 412 g/mol. The first-order valence-corrected chi connectivity index (χ1v) is 9.50. The van der Waals surface area contributed by atoms with Gasteiger partial charge in [-0.05, 0) is 35.7 Å². The van der Waals surface area contributed by atoms with Gasteiger partial charge in [-0.3, -0.25) is 19.5 Å². The van der Waals surface area contributed by atoms with Crippen LogP contribution < -0.4 is 20.1 Å². The van der Waals surface area contributed by atoms with Crippen LogP contribution in [0.1, 0.15) is 24.0 Å². The molecule has 9 nitrogen and oxygen atoms in total. The third-order valence-electron chi connectivity index (χ3n) is 4.77. The van der Waals surface area contributed by atoms with Crippen molar-refractivity contribution in [3.8, 4) is 11.5 Å². The lowest BCUT2D eigenvalue weighted by Crippen LogP contribution is -2.32. The molecule has 2 N–H and O–H groups in total. The second kappa shape index (κ2) is 9.73. The highest BCUT2D eigenvalue weighted by Crippen LogP contribution is 2.28. The molecule has 3 rings (SSSR count). The summed E-state index contributed by atoms with van der Waals surface area (Å²) in [5.41, 5.74) is 1.61. The van der Waals surface area contributed by atoms with Crippen LogP contribution in [0, 0.1) is 0 Å². The molecular formula is C21H24N4O5. The molecule has 0 bridgehead atoms. The molecule has 0 saturated carbocycles. The first-order chi connectivity index (χ1) is 14.5. The summed E-state index contributed by atoms with van der Waals surface area (Å²) in [6.45, 7) is 0.470. The predicted molar refractivity (Wildman–Crippen MR) is 108 cm³/mol. The van der Waals surface area contributed by atoms with Crippen molar-refractivity contribution in [1.29, 1.82) is 0 Å². The number of imide groups is 1. The predicted octanol–water partition coefficient (Wildman–Crippen LogP) is 1.62. The number of amides is 4. The fourth-order valence-corrected chi connectivity index (χ4v) is 3.15. The summed E-state index contributed by atoms with van der Waals surface area (Å²) in [5, 5.41) is 5.43. The molecule has 1 fully saturated rings. The van der Waals surface area contributed by atoms with Gasteiger partial charge in [-0.25, -0.2) is 4.79 Å². The third kappa shape index (κ3) is 5.05. The van der Waals surface area contributed by atoms with Gasteiger partial charge in [-0.2, -0.15) is 0 Å². The second-order valence-corrected chi connectivity index (χ2v) is 6.79. The van der Waals surface area contributed by atoms with E-state index in [4.69, 9.17) is 9.47 Å². The van der Waals surface area contributed by atoms with E-state index in [1.54, 1.807) is 36.7 Å². The Morgan fingerprint density at radius 3 is 2.67 bits per heavy atom. The topological polar surface area (TPSA) is 110 Å². The molecule has 158 valence electrons. The van der Waals surface area contributed by atoms with Gasteiger partial charge in [0.1, 0.15) is 6.04 Å². The van der Waals surface area contributed by atoms with Crippen LogP contribution in [0.5, 0.6) is 11.5 Å². The van der Waals surface area contributed by atoms with Gasteiger partial charge in [0, 0.05) is 25.4 Å². The minimum Gasteiger partial charge on any atom is -0.493 e. The molecule has 2 aromatic rings. The van der Waals surface area contributed by atoms with E-state index in [1.807, 2.05) is 6.07 Å². The Morgan fingerprint density at radius 2 is 1.97 bits per heavy atom. The Hall–Kier alpha value is -3.62. The van der Waals surface area contributed by atoms with E-state index >= 15 is 0 Å². The Kier molecular flexibility index (Phi) is 6.84. The molecule has 0 unspecified atom stereocenters. The summed E-state index contributed by atoms with van der Waals surface area (Å²) in [4.78, 5) is 42.1. The zero-order valence-corrected chi connectivity index (χ0v) is 16.9. The molecule has 0 aliphatic carbocycles. The van der Waals surface area contributed by atoms with Crippen molar-refractivity contribution in [2.45, 2.75) is 32.0 Å². The third-order valence-corrected chi connectivity index (χ3v) is 4.77. The van der Waals surface area contributed by atoms with Crippen LogP contribution >= 0.6 is 0 Å². The van der Waals surface area contributed by atoms with Crippen LogP contribution in [-0.2, 0) is 22.7 Å². The summed E-state index contributed by atoms with van der Waals surface area (Å²) in [5.74, 6) is 0.534. The van der Waals surface area contributed by atoms with Crippen molar-refractivity contribution in [2.24, 2.45) is 0 Å². The maximum atomic E-state index is 12.6. The number of methoxy groups -OCH3 is 2. The molecule has 0 radical (unpaired) electrons. The van der Waals surface area contributed by atoms with E-state index < -0.39 is 12.1 Å². The van der Waals surface area contributed by atoms with Crippen molar-refractivity contribution in [1.82, 2.24) is 20.5 Å². The van der Waals surface area contributed by atoms with Gasteiger partial charge in [0.2, 0.25) is 5.91 Å². The lowest BCUT2D eigenvalue weighted by molar-refractivity contribution is -0.128. The Balaban J connectivity index is 1.52. The Labute approximate surface area is 174 Å². The molecule has 1 saturated heterocycles. The number of rotatable bonds is 9. The van der Waals surface area contributed by atoms with Crippen molar-refractivity contribution in [2.75, 3.05) is 14.2 Å². The molecule has 1 atom stereocenters. The maximum Gasteiger partial charge on any atom is 0.325 e. The minimum atomic E-state index is -0.721. The number of pyridine rings is 1. The molecule has 30 heavy (non-hydrogen) atoms. The fourth-order valence-electron chi connectivity index (χ4n) is 3.15. The standard InChI is InChI=1S/C21H24N4O5/c1-29-17-7-5-14(10-18(17)30-2)13-25-20(27)16(24-21(25)28)6-8-19(26)23-12-15-4-3-9-22-11-15/h3-5,7,9-11,16H,6,8,12-13H2,1-2H3,(H,23,26)(H,24,28)/t16-/m1/s1. The molecular weight excluding hydrogens is 388 g/mol. The van der Waals surface area contributed by atoms with Crippen molar-refractivity contribution >= 4 is 17.8 Å². The number of nitrogens with one attached hydrogen (secondary N) is 2. The van der Waals surface area contributed by atoms with Gasteiger partial charge in [0.15, 0.2) is 11.5 Å². The number of urea groups is 1. The number of hydrogen-bond acceptors (Lipinski definition) is 6. The number of aromatic nitrogens is 1. The van der Waals surface area contributed by atoms with Gasteiger partial charge in [0.25, 0.3) is 5.91 Å². The number of benzene rings is 1. The van der Waals surface area contributed by atoms with Crippen LogP contribution in [0.2, 0.25) is 0 Å². The number of carbonyl (C=O) groups is 3. The quantitative estimate of drug-likeness (QED) is 0.606. The molecule has 1 aromatic carbocycles. The molecule has 2 heterocycles. The zero-order chi connectivity index (χ0) is 21.5. The van der Waals surface area contributed by atoms with Gasteiger partial charge in [0.05, 0.1) is 20.8 Å². The summed E-state index contributed by atoms with van der Waals surface area (Å²) in [6, 6.07) is 7.66. The van der Waals surface area contributed by atoms with Gasteiger partial charge >= 0.3 is 6.03 Å². The lowest BCUT2D eigenvalue weighted by Gasteiger charge is -2.15. The Morgan fingerprint density at radius 1 is 1.17 bits per heavy atom. The maximum absolute atomic E-state index is 12.6. The molecule has 0 spiro atoms. The SMILES string of the molecule is COc1ccc(CN2C(=O)N[C@H](CCC(=O)NCc3cccnc3)C2=O)cc1OC. The Bertz CT molecular complexity index is 919. The number of carbonyl (C=O) groups excluding carboxylic acids is 3. The zero-order valence-electron chi connectivity index (χ0n) is 16.9. The van der Waals surface area contributed by atoms with Gasteiger partial charge < -0.3 is 20.1 Å². The molecule has 4 amide bonds. The van der Waals surface area contributed by atoms with Gasteiger partial charge in [-0.1, -0.05) is 12.1 Å². The second-order valence-electron chi connectivity index (χ2n) is 6.79. The summed E-state index contributed by atoms with van der Waals surface area (Å²) < 4.78 is 10.5. The van der Waals surface area contributed by atoms with Crippen LogP contribution in [0.25, 0.3) is 0 Å². The van der Waals surface area contributed by atoms with Crippen molar-refractivity contribution in [3.63, 3.8) is 0 Å². The molecule has 1 aromatic heterocycles. The highest BCUT2D eigenvalue weighted by atomic mass is 16.5. The van der Waals surface area contributed by atoms with E-state index in [0.717, 1.165) is 16.0 Å². The summed E-state index contributed by atoms with van der Waals surface area (Å²) >= 11 is 0. The molecule has 9 heteroatoms. The largest absolute Gasteiger partial charge is 0.493 e. The van der Waals surface area contributed by atoms with Crippen LogP contribution in [-0.4, -0.2) is 48.0 Å². The first kappa shape index (κ1) is 21.1. The molecule has 1 aliphatic rings. The van der Waals surface area contributed by atoms with Crippen molar-refractivity contribution in [3.05, 3.63) is 53.9 Å². The van der Waals surface area contributed by atoms with Crippen LogP contribution in [0.4, 0.5) is 4.79 Å². The van der Waals surface area contributed by atoms with Crippen molar-refractivity contribution < 1.29 is 23.9 Å². The normalized spacial score (nSPS) is 15.7. The van der Waals surface area contributed by atoms with Crippen LogP contribution in [0.3, 0.4) is 0 Å². The lowest BCUT2D eigenvalue weighted by atomic mass is 10.1. The van der Waals surface area contributed by atoms with Gasteiger partial charge in [-0.15, -0.1) is 0 Å². The van der Waals surface area contributed by atoms with E-state index in [0.29, 0.717) is 18.0 Å². The van der Waals surface area contributed by atoms with Crippen LogP contribution in [0.15, 0.2) is 42.7 Å². The highest BCUT2D eigenvalue weighted by molar-refractivity contribution is 6.04. The smallest absolute Gasteiger partial charge is 0.325 e. The number of hydrogen-bond donors (Lipinski definition) is 2.